The molecule has 1 rings (SSSR count). The minimum absolute atomic E-state index is 0.0437. The number of halogens is 3. The third-order valence-corrected chi connectivity index (χ3v) is 1.47. The van der Waals surface area contributed by atoms with Gasteiger partial charge in [0.05, 0.1) is 7.18 Å². The maximum atomic E-state index is 12.0. The highest BCUT2D eigenvalue weighted by atomic mass is 19.3. The standard InChI is InChI=1S/C8H9F2N.C2H6.CH3F/c9-8(10)7-3-1-6(5-11)2-4-7;2*1-2/h1-4,8H,5,11H2;1-2H3;1H3. The minimum Gasteiger partial charge on any atom is -0.326 e. The fourth-order valence-corrected chi connectivity index (χ4v) is 0.799. The molecule has 0 aliphatic heterocycles. The first kappa shape index (κ1) is 16.4. The lowest BCUT2D eigenvalue weighted by molar-refractivity contribution is 0.151. The molecule has 88 valence electrons. The molecular formula is C11H18F3N. The van der Waals surface area contributed by atoms with Gasteiger partial charge in [-0.25, -0.2) is 8.78 Å². The molecule has 0 atom stereocenters. The smallest absolute Gasteiger partial charge is 0.263 e. The zero-order valence-corrected chi connectivity index (χ0v) is 9.31. The zero-order valence-electron chi connectivity index (χ0n) is 9.31. The Morgan fingerprint density at radius 2 is 1.47 bits per heavy atom. The van der Waals surface area contributed by atoms with Crippen molar-refractivity contribution in [2.45, 2.75) is 26.8 Å². The zero-order chi connectivity index (χ0) is 12.3. The van der Waals surface area contributed by atoms with E-state index in [1.807, 2.05) is 13.8 Å². The predicted octanol–water partition coefficient (Wildman–Crippen LogP) is 3.69. The minimum atomic E-state index is -2.39. The van der Waals surface area contributed by atoms with Gasteiger partial charge in [0.15, 0.2) is 0 Å². The lowest BCUT2D eigenvalue weighted by atomic mass is 10.1. The summed E-state index contributed by atoms with van der Waals surface area (Å²) in [6.45, 7) is 4.39. The van der Waals surface area contributed by atoms with Crippen LogP contribution >= 0.6 is 0 Å². The van der Waals surface area contributed by atoms with E-state index in [1.165, 1.54) is 12.1 Å². The molecule has 2 N–H and O–H groups in total. The molecule has 0 spiro atoms. The van der Waals surface area contributed by atoms with Gasteiger partial charge in [0.1, 0.15) is 0 Å². The Morgan fingerprint density at radius 1 is 1.07 bits per heavy atom. The van der Waals surface area contributed by atoms with E-state index in [0.717, 1.165) is 5.56 Å². The van der Waals surface area contributed by atoms with Crippen molar-refractivity contribution in [3.05, 3.63) is 35.4 Å². The fraction of sp³-hybridized carbons (Fsp3) is 0.455. The average Bonchev–Trinajstić information content (AvgIpc) is 2.34. The van der Waals surface area contributed by atoms with Crippen molar-refractivity contribution in [3.8, 4) is 0 Å². The highest BCUT2D eigenvalue weighted by molar-refractivity contribution is 5.22. The Labute approximate surface area is 89.1 Å². The summed E-state index contributed by atoms with van der Waals surface area (Å²) in [7, 11) is 0.500. The van der Waals surface area contributed by atoms with Gasteiger partial charge in [-0.05, 0) is 5.56 Å². The number of benzene rings is 1. The van der Waals surface area contributed by atoms with Crippen LogP contribution in [0.2, 0.25) is 0 Å². The second-order valence-corrected chi connectivity index (χ2v) is 2.25. The van der Waals surface area contributed by atoms with Crippen LogP contribution in [0.3, 0.4) is 0 Å². The summed E-state index contributed by atoms with van der Waals surface area (Å²) in [6.07, 6.45) is -2.39. The first-order valence-corrected chi connectivity index (χ1v) is 4.69. The Bertz CT molecular complexity index is 222. The quantitative estimate of drug-likeness (QED) is 0.809. The molecule has 0 aliphatic rings. The van der Waals surface area contributed by atoms with Crippen LogP contribution in [0.1, 0.15) is 31.4 Å². The van der Waals surface area contributed by atoms with Crippen LogP contribution in [0.25, 0.3) is 0 Å². The number of alkyl halides is 3. The molecular weight excluding hydrogens is 203 g/mol. The van der Waals surface area contributed by atoms with E-state index >= 15 is 0 Å². The van der Waals surface area contributed by atoms with Crippen molar-refractivity contribution in [2.75, 3.05) is 7.18 Å². The van der Waals surface area contributed by atoms with Crippen molar-refractivity contribution in [2.24, 2.45) is 5.73 Å². The molecule has 0 aromatic heterocycles. The summed E-state index contributed by atoms with van der Waals surface area (Å²) < 4.78 is 33.4. The summed E-state index contributed by atoms with van der Waals surface area (Å²) in [6, 6.07) is 6.02. The highest BCUT2D eigenvalue weighted by Gasteiger charge is 2.04. The fourth-order valence-electron chi connectivity index (χ4n) is 0.799. The molecule has 1 nitrogen and oxygen atoms in total. The van der Waals surface area contributed by atoms with Gasteiger partial charge in [-0.3, -0.25) is 4.39 Å². The van der Waals surface area contributed by atoms with Gasteiger partial charge in [-0.1, -0.05) is 38.1 Å². The van der Waals surface area contributed by atoms with Crippen molar-refractivity contribution >= 4 is 0 Å². The molecule has 1 aromatic carbocycles. The molecule has 0 aliphatic carbocycles. The van der Waals surface area contributed by atoms with E-state index in [9.17, 15) is 13.2 Å². The van der Waals surface area contributed by atoms with Gasteiger partial charge < -0.3 is 5.73 Å². The predicted molar refractivity (Wildman–Crippen MR) is 57.7 cm³/mol. The molecule has 0 unspecified atom stereocenters. The van der Waals surface area contributed by atoms with Gasteiger partial charge in [0.25, 0.3) is 6.43 Å². The largest absolute Gasteiger partial charge is 0.326 e. The second kappa shape index (κ2) is 11.0. The number of hydrogen-bond donors (Lipinski definition) is 1. The van der Waals surface area contributed by atoms with Crippen LogP contribution < -0.4 is 5.73 Å². The summed E-state index contributed by atoms with van der Waals surface area (Å²) in [4.78, 5) is 0. The summed E-state index contributed by atoms with van der Waals surface area (Å²) >= 11 is 0. The van der Waals surface area contributed by atoms with Gasteiger partial charge in [-0.15, -0.1) is 0 Å². The molecule has 0 amide bonds. The summed E-state index contributed by atoms with van der Waals surface area (Å²) in [5.74, 6) is 0. The van der Waals surface area contributed by atoms with E-state index in [1.54, 1.807) is 12.1 Å². The lowest BCUT2D eigenvalue weighted by Crippen LogP contribution is -1.95. The molecule has 0 radical (unpaired) electrons. The Kier molecular flexibility index (Phi) is 12.1. The molecule has 0 saturated carbocycles. The maximum Gasteiger partial charge on any atom is 0.263 e. The average molecular weight is 221 g/mol. The summed E-state index contributed by atoms with van der Waals surface area (Å²) in [5.41, 5.74) is 6.20. The van der Waals surface area contributed by atoms with Crippen molar-refractivity contribution in [1.29, 1.82) is 0 Å². The SMILES string of the molecule is CC.CF.NCc1ccc(C(F)F)cc1. The highest BCUT2D eigenvalue weighted by Crippen LogP contribution is 2.18. The van der Waals surface area contributed by atoms with Crippen molar-refractivity contribution in [3.63, 3.8) is 0 Å². The van der Waals surface area contributed by atoms with Gasteiger partial charge in [0.2, 0.25) is 0 Å². The molecule has 1 aromatic rings. The van der Waals surface area contributed by atoms with Crippen LogP contribution in [0.4, 0.5) is 13.2 Å². The van der Waals surface area contributed by atoms with Crippen molar-refractivity contribution < 1.29 is 13.2 Å². The van der Waals surface area contributed by atoms with Gasteiger partial charge in [0, 0.05) is 12.1 Å². The lowest BCUT2D eigenvalue weighted by Gasteiger charge is -1.99. The Hall–Kier alpha value is -1.03. The molecule has 4 heteroatoms. The first-order valence-electron chi connectivity index (χ1n) is 4.69. The van der Waals surface area contributed by atoms with Crippen LogP contribution in [0, 0.1) is 0 Å². The number of nitrogens with two attached hydrogens (primary N) is 1. The van der Waals surface area contributed by atoms with Crippen LogP contribution in [0.5, 0.6) is 0 Å². The van der Waals surface area contributed by atoms with E-state index in [4.69, 9.17) is 5.73 Å². The molecule has 15 heavy (non-hydrogen) atoms. The van der Waals surface area contributed by atoms with Gasteiger partial charge in [-0.2, -0.15) is 0 Å². The van der Waals surface area contributed by atoms with Crippen molar-refractivity contribution in [1.82, 2.24) is 0 Å². The monoisotopic (exact) mass is 221 g/mol. The summed E-state index contributed by atoms with van der Waals surface area (Å²) in [5, 5.41) is 0. The van der Waals surface area contributed by atoms with E-state index < -0.39 is 6.43 Å². The van der Waals surface area contributed by atoms with Crippen LogP contribution in [-0.4, -0.2) is 7.18 Å². The third kappa shape index (κ3) is 6.96. The Morgan fingerprint density at radius 3 is 1.73 bits per heavy atom. The van der Waals surface area contributed by atoms with E-state index in [2.05, 4.69) is 0 Å². The molecule has 0 bridgehead atoms. The molecule has 0 fully saturated rings. The van der Waals surface area contributed by atoms with Gasteiger partial charge >= 0.3 is 0 Å². The topological polar surface area (TPSA) is 26.0 Å². The molecule has 0 saturated heterocycles. The van der Waals surface area contributed by atoms with Crippen LogP contribution in [0.15, 0.2) is 24.3 Å². The number of hydrogen-bond acceptors (Lipinski definition) is 1. The molecule has 0 heterocycles. The number of rotatable bonds is 2. The Balaban J connectivity index is 0. The first-order chi connectivity index (χ1) is 7.24. The maximum absolute atomic E-state index is 12.0. The van der Waals surface area contributed by atoms with E-state index in [-0.39, 0.29) is 5.56 Å². The normalized spacial score (nSPS) is 8.53. The second-order valence-electron chi connectivity index (χ2n) is 2.25. The third-order valence-electron chi connectivity index (χ3n) is 1.47. The van der Waals surface area contributed by atoms with Crippen LogP contribution in [-0.2, 0) is 6.54 Å². The van der Waals surface area contributed by atoms with E-state index in [0.29, 0.717) is 13.7 Å².